The highest BCUT2D eigenvalue weighted by atomic mass is 79.9. The minimum Gasteiger partial charge on any atom is -0.495 e. The monoisotopic (exact) mass is 403 g/mol. The van der Waals surface area contributed by atoms with Gasteiger partial charge in [0.1, 0.15) is 15.9 Å². The number of hydrogen-bond donors (Lipinski definition) is 1. The van der Waals surface area contributed by atoms with Gasteiger partial charge in [0.2, 0.25) is 0 Å². The van der Waals surface area contributed by atoms with E-state index in [9.17, 15) is 13.2 Å². The molecule has 0 saturated heterocycles. The largest absolute Gasteiger partial charge is 0.495 e. The Labute approximate surface area is 125 Å². The van der Waals surface area contributed by atoms with Crippen molar-refractivity contribution in [3.8, 4) is 11.5 Å². The summed E-state index contributed by atoms with van der Waals surface area (Å²) in [5.41, 5.74) is -0.946. The van der Waals surface area contributed by atoms with Crippen molar-refractivity contribution in [3.05, 3.63) is 27.3 Å². The number of halogens is 5. The molecule has 0 spiro atoms. The van der Waals surface area contributed by atoms with E-state index in [4.69, 9.17) is 9.47 Å². The summed E-state index contributed by atoms with van der Waals surface area (Å²) in [6.45, 7) is 2.95. The summed E-state index contributed by atoms with van der Waals surface area (Å²) in [6.07, 6.45) is -4.53. The van der Waals surface area contributed by atoms with Crippen molar-refractivity contribution in [3.63, 3.8) is 0 Å². The van der Waals surface area contributed by atoms with Crippen molar-refractivity contribution >= 4 is 37.5 Å². The highest BCUT2D eigenvalue weighted by Crippen LogP contribution is 2.45. The molecule has 1 aromatic rings. The zero-order valence-electron chi connectivity index (χ0n) is 9.99. The van der Waals surface area contributed by atoms with Gasteiger partial charge in [-0.3, -0.25) is 0 Å². The van der Waals surface area contributed by atoms with Crippen LogP contribution in [-0.2, 0) is 0 Å². The maximum absolute atomic E-state index is 12.5. The van der Waals surface area contributed by atoms with Crippen LogP contribution in [0.5, 0.6) is 11.5 Å². The first-order valence-corrected chi connectivity index (χ1v) is 6.44. The van der Waals surface area contributed by atoms with Gasteiger partial charge >= 0.3 is 6.18 Å². The van der Waals surface area contributed by atoms with Crippen LogP contribution in [0.3, 0.4) is 0 Å². The van der Waals surface area contributed by atoms with Crippen LogP contribution in [0, 0.1) is 0 Å². The lowest BCUT2D eigenvalue weighted by Crippen LogP contribution is -2.18. The van der Waals surface area contributed by atoms with E-state index >= 15 is 0 Å². The summed E-state index contributed by atoms with van der Waals surface area (Å²) < 4.78 is 48.4. The van der Waals surface area contributed by atoms with Crippen LogP contribution in [0.4, 0.5) is 18.9 Å². The maximum atomic E-state index is 12.5. The van der Waals surface area contributed by atoms with Crippen molar-refractivity contribution in [1.82, 2.24) is 0 Å². The molecule has 0 aliphatic rings. The van der Waals surface area contributed by atoms with E-state index in [0.717, 1.165) is 0 Å². The van der Waals surface area contributed by atoms with E-state index in [0.29, 0.717) is 20.4 Å². The zero-order valence-corrected chi connectivity index (χ0v) is 13.2. The van der Waals surface area contributed by atoms with Gasteiger partial charge in [-0.2, -0.15) is 13.2 Å². The third kappa shape index (κ3) is 3.56. The number of benzene rings is 1. The molecule has 1 rings (SSSR count). The minimum atomic E-state index is -4.53. The van der Waals surface area contributed by atoms with Crippen molar-refractivity contribution < 1.29 is 22.6 Å². The first-order chi connectivity index (χ1) is 8.72. The number of anilines is 1. The smallest absolute Gasteiger partial charge is 0.430 e. The number of methoxy groups -OCH3 is 2. The van der Waals surface area contributed by atoms with Crippen LogP contribution in [0.25, 0.3) is 0 Å². The molecular weight excluding hydrogens is 395 g/mol. The molecule has 0 fully saturated rings. The van der Waals surface area contributed by atoms with E-state index in [1.165, 1.54) is 20.3 Å². The van der Waals surface area contributed by atoms with E-state index in [-0.39, 0.29) is 5.69 Å². The topological polar surface area (TPSA) is 30.5 Å². The first-order valence-electron chi connectivity index (χ1n) is 4.85. The Balaban J connectivity index is 3.25. The number of rotatable bonds is 4. The Morgan fingerprint density at radius 1 is 1.21 bits per heavy atom. The summed E-state index contributed by atoms with van der Waals surface area (Å²) in [4.78, 5) is 0. The van der Waals surface area contributed by atoms with Crippen molar-refractivity contribution in [1.29, 1.82) is 0 Å². The molecular formula is C11H10Br2F3NO2. The molecule has 106 valence electrons. The second kappa shape index (κ2) is 6.04. The molecule has 0 amide bonds. The molecule has 0 heterocycles. The second-order valence-corrected chi connectivity index (χ2v) is 4.97. The van der Waals surface area contributed by atoms with Gasteiger partial charge in [-0.1, -0.05) is 6.58 Å². The fourth-order valence-corrected chi connectivity index (χ4v) is 2.72. The van der Waals surface area contributed by atoms with Crippen LogP contribution in [0.2, 0.25) is 0 Å². The SMILES string of the molecule is C=C(Nc1cc(OC)c(Br)c(OC)c1Br)C(F)(F)F. The van der Waals surface area contributed by atoms with Gasteiger partial charge < -0.3 is 14.8 Å². The Bertz CT molecular complexity index is 504. The molecule has 0 aliphatic carbocycles. The Morgan fingerprint density at radius 2 is 1.79 bits per heavy atom. The van der Waals surface area contributed by atoms with Crippen LogP contribution < -0.4 is 14.8 Å². The molecule has 0 aliphatic heterocycles. The van der Waals surface area contributed by atoms with Crippen molar-refractivity contribution in [2.45, 2.75) is 6.18 Å². The van der Waals surface area contributed by atoms with Gasteiger partial charge in [0, 0.05) is 6.07 Å². The number of alkyl halides is 3. The average molecular weight is 405 g/mol. The van der Waals surface area contributed by atoms with Crippen molar-refractivity contribution in [2.75, 3.05) is 19.5 Å². The lowest BCUT2D eigenvalue weighted by atomic mass is 10.2. The minimum absolute atomic E-state index is 0.138. The summed E-state index contributed by atoms with van der Waals surface area (Å²) in [5.74, 6) is 0.648. The molecule has 0 bridgehead atoms. The van der Waals surface area contributed by atoms with Gasteiger partial charge in [0.05, 0.1) is 24.4 Å². The summed E-state index contributed by atoms with van der Waals surface area (Å²) in [7, 11) is 2.79. The number of ether oxygens (including phenoxy) is 2. The van der Waals surface area contributed by atoms with Crippen LogP contribution >= 0.6 is 31.9 Å². The summed E-state index contributed by atoms with van der Waals surface area (Å²) >= 11 is 6.41. The number of nitrogens with one attached hydrogen (secondary N) is 1. The predicted molar refractivity (Wildman–Crippen MR) is 73.8 cm³/mol. The van der Waals surface area contributed by atoms with E-state index in [1.807, 2.05) is 0 Å². The molecule has 1 aromatic carbocycles. The Morgan fingerprint density at radius 3 is 2.21 bits per heavy atom. The molecule has 3 nitrogen and oxygen atoms in total. The molecule has 19 heavy (non-hydrogen) atoms. The van der Waals surface area contributed by atoms with Crippen LogP contribution in [0.15, 0.2) is 27.3 Å². The normalized spacial score (nSPS) is 11.1. The molecule has 0 saturated carbocycles. The van der Waals surface area contributed by atoms with E-state index in [1.54, 1.807) is 0 Å². The quantitative estimate of drug-likeness (QED) is 0.787. The molecule has 0 atom stereocenters. The lowest BCUT2D eigenvalue weighted by molar-refractivity contribution is -0.0898. The fourth-order valence-electron chi connectivity index (χ4n) is 1.24. The van der Waals surface area contributed by atoms with E-state index in [2.05, 4.69) is 43.8 Å². The lowest BCUT2D eigenvalue weighted by Gasteiger charge is -2.18. The van der Waals surface area contributed by atoms with Gasteiger partial charge in [-0.05, 0) is 31.9 Å². The summed E-state index contributed by atoms with van der Waals surface area (Å²) in [5, 5.41) is 2.18. The Hall–Kier alpha value is -0.890. The average Bonchev–Trinajstić information content (AvgIpc) is 2.32. The first kappa shape index (κ1) is 16.2. The molecule has 0 radical (unpaired) electrons. The van der Waals surface area contributed by atoms with E-state index < -0.39 is 11.9 Å². The van der Waals surface area contributed by atoms with Crippen LogP contribution in [-0.4, -0.2) is 20.4 Å². The second-order valence-electron chi connectivity index (χ2n) is 3.39. The highest BCUT2D eigenvalue weighted by molar-refractivity contribution is 9.11. The molecule has 0 aromatic heterocycles. The summed E-state index contributed by atoms with van der Waals surface area (Å²) in [6, 6.07) is 1.40. The van der Waals surface area contributed by atoms with Crippen LogP contribution in [0.1, 0.15) is 0 Å². The zero-order chi connectivity index (χ0) is 14.8. The Kier molecular flexibility index (Phi) is 5.14. The standard InChI is InChI=1S/C11H10Br2F3NO2/c1-5(11(14,15)16)17-6-4-7(18-2)9(13)10(19-3)8(6)12/h4,17H,1H2,2-3H3. The van der Waals surface area contributed by atoms with Gasteiger partial charge in [0.25, 0.3) is 0 Å². The third-order valence-corrected chi connectivity index (χ3v) is 3.72. The highest BCUT2D eigenvalue weighted by Gasteiger charge is 2.33. The molecule has 1 N–H and O–H groups in total. The fraction of sp³-hybridized carbons (Fsp3) is 0.273. The number of allylic oxidation sites excluding steroid dienone is 1. The predicted octanol–water partition coefficient (Wildman–Crippen LogP) is 4.72. The molecule has 0 unspecified atom stereocenters. The van der Waals surface area contributed by atoms with Gasteiger partial charge in [-0.25, -0.2) is 0 Å². The van der Waals surface area contributed by atoms with Gasteiger partial charge in [0.15, 0.2) is 5.75 Å². The van der Waals surface area contributed by atoms with Crippen molar-refractivity contribution in [2.24, 2.45) is 0 Å². The third-order valence-electron chi connectivity index (χ3n) is 2.18. The maximum Gasteiger partial charge on any atom is 0.430 e. The number of hydrogen-bond acceptors (Lipinski definition) is 3. The molecule has 8 heteroatoms. The van der Waals surface area contributed by atoms with Gasteiger partial charge in [-0.15, -0.1) is 0 Å².